The highest BCUT2D eigenvalue weighted by Gasteiger charge is 2.06. The van der Waals surface area contributed by atoms with Crippen molar-refractivity contribution in [3.8, 4) is 11.4 Å². The van der Waals surface area contributed by atoms with E-state index in [1.807, 2.05) is 31.3 Å². The minimum absolute atomic E-state index is 0.712. The summed E-state index contributed by atoms with van der Waals surface area (Å²) in [4.78, 5) is 16.0. The Morgan fingerprint density at radius 1 is 1.06 bits per heavy atom. The third-order valence-electron chi connectivity index (χ3n) is 2.56. The Kier molecular flexibility index (Phi) is 2.22. The third kappa shape index (κ3) is 1.71. The zero-order valence-corrected chi connectivity index (χ0v) is 9.31. The Labute approximate surface area is 98.0 Å². The first-order valence-electron chi connectivity index (χ1n) is 5.32. The van der Waals surface area contributed by atoms with E-state index in [4.69, 9.17) is 0 Å². The molecule has 3 aromatic rings. The standard InChI is InChI=1S/C12H11N5/c1-13-10-3-2-9-12(16-10)17-11(15-9)8-4-6-14-7-5-8/h2-7H,1H3,(H2,13,15,16,17). The molecule has 2 N–H and O–H groups in total. The van der Waals surface area contributed by atoms with Gasteiger partial charge in [0.05, 0.1) is 5.52 Å². The van der Waals surface area contributed by atoms with Gasteiger partial charge in [0.15, 0.2) is 5.65 Å². The lowest BCUT2D eigenvalue weighted by atomic mass is 10.3. The van der Waals surface area contributed by atoms with Crippen molar-refractivity contribution in [1.82, 2.24) is 19.9 Å². The van der Waals surface area contributed by atoms with E-state index >= 15 is 0 Å². The van der Waals surface area contributed by atoms with Crippen LogP contribution in [0.25, 0.3) is 22.6 Å². The van der Waals surface area contributed by atoms with Crippen LogP contribution in [0.1, 0.15) is 0 Å². The lowest BCUT2D eigenvalue weighted by Gasteiger charge is -1.95. The number of pyridine rings is 2. The lowest BCUT2D eigenvalue weighted by molar-refractivity contribution is 1.27. The van der Waals surface area contributed by atoms with Gasteiger partial charge in [-0.2, -0.15) is 0 Å². The first kappa shape index (κ1) is 9.77. The Hall–Kier alpha value is -2.43. The molecule has 0 atom stereocenters. The molecule has 3 heterocycles. The summed E-state index contributed by atoms with van der Waals surface area (Å²) >= 11 is 0. The van der Waals surface area contributed by atoms with Crippen LogP contribution in [0.2, 0.25) is 0 Å². The summed E-state index contributed by atoms with van der Waals surface area (Å²) in [7, 11) is 1.84. The largest absolute Gasteiger partial charge is 0.373 e. The van der Waals surface area contributed by atoms with Gasteiger partial charge in [0, 0.05) is 25.0 Å². The van der Waals surface area contributed by atoms with Gasteiger partial charge in [-0.15, -0.1) is 0 Å². The zero-order valence-electron chi connectivity index (χ0n) is 9.31. The summed E-state index contributed by atoms with van der Waals surface area (Å²) < 4.78 is 0. The van der Waals surface area contributed by atoms with E-state index in [0.717, 1.165) is 22.7 Å². The van der Waals surface area contributed by atoms with E-state index < -0.39 is 0 Å². The van der Waals surface area contributed by atoms with Crippen molar-refractivity contribution in [1.29, 1.82) is 0 Å². The maximum Gasteiger partial charge on any atom is 0.180 e. The summed E-state index contributed by atoms with van der Waals surface area (Å²) in [5.74, 6) is 1.62. The molecule has 0 radical (unpaired) electrons. The van der Waals surface area contributed by atoms with Gasteiger partial charge >= 0.3 is 0 Å². The van der Waals surface area contributed by atoms with Crippen molar-refractivity contribution in [3.63, 3.8) is 0 Å². The average molecular weight is 225 g/mol. The summed E-state index contributed by atoms with van der Waals surface area (Å²) in [6.45, 7) is 0. The van der Waals surface area contributed by atoms with Gasteiger partial charge in [-0.3, -0.25) is 4.98 Å². The predicted octanol–water partition coefficient (Wildman–Crippen LogP) is 2.06. The van der Waals surface area contributed by atoms with Gasteiger partial charge in [0.1, 0.15) is 11.6 Å². The Morgan fingerprint density at radius 3 is 2.65 bits per heavy atom. The summed E-state index contributed by atoms with van der Waals surface area (Å²) in [5.41, 5.74) is 2.64. The molecule has 0 aliphatic rings. The molecule has 0 aliphatic heterocycles. The van der Waals surface area contributed by atoms with Crippen molar-refractivity contribution in [2.45, 2.75) is 0 Å². The van der Waals surface area contributed by atoms with Crippen LogP contribution in [0.15, 0.2) is 36.7 Å². The molecule has 84 valence electrons. The topological polar surface area (TPSA) is 66.5 Å². The molecule has 0 bridgehead atoms. The minimum atomic E-state index is 0.712. The number of nitrogens with zero attached hydrogens (tertiary/aromatic N) is 3. The molecule has 0 unspecified atom stereocenters. The highest BCUT2D eigenvalue weighted by molar-refractivity contribution is 5.77. The van der Waals surface area contributed by atoms with Gasteiger partial charge < -0.3 is 10.3 Å². The van der Waals surface area contributed by atoms with E-state index in [-0.39, 0.29) is 0 Å². The fraction of sp³-hybridized carbons (Fsp3) is 0.0833. The number of hydrogen-bond donors (Lipinski definition) is 2. The van der Waals surface area contributed by atoms with Crippen molar-refractivity contribution >= 4 is 17.0 Å². The molecule has 5 nitrogen and oxygen atoms in total. The highest BCUT2D eigenvalue weighted by atomic mass is 15.0. The molecule has 0 fully saturated rings. The molecule has 0 amide bonds. The van der Waals surface area contributed by atoms with Crippen LogP contribution in [-0.2, 0) is 0 Å². The Bertz CT molecular complexity index is 644. The molecule has 17 heavy (non-hydrogen) atoms. The number of aromatic amines is 1. The number of anilines is 1. The van der Waals surface area contributed by atoms with Crippen LogP contribution >= 0.6 is 0 Å². The van der Waals surface area contributed by atoms with Crippen molar-refractivity contribution in [2.24, 2.45) is 0 Å². The normalized spacial score (nSPS) is 10.6. The second kappa shape index (κ2) is 3.86. The number of H-pyrrole nitrogens is 1. The molecule has 0 spiro atoms. The van der Waals surface area contributed by atoms with Gasteiger partial charge in [-0.05, 0) is 24.3 Å². The summed E-state index contributed by atoms with van der Waals surface area (Å²) in [6.07, 6.45) is 3.49. The Morgan fingerprint density at radius 2 is 1.88 bits per heavy atom. The van der Waals surface area contributed by atoms with E-state index in [1.54, 1.807) is 12.4 Å². The number of rotatable bonds is 2. The molecule has 0 saturated carbocycles. The van der Waals surface area contributed by atoms with E-state index in [2.05, 4.69) is 25.3 Å². The second-order valence-electron chi connectivity index (χ2n) is 3.64. The smallest absolute Gasteiger partial charge is 0.180 e. The van der Waals surface area contributed by atoms with E-state index in [1.165, 1.54) is 0 Å². The first-order valence-corrected chi connectivity index (χ1v) is 5.32. The lowest BCUT2D eigenvalue weighted by Crippen LogP contribution is -1.91. The molecular weight excluding hydrogens is 214 g/mol. The number of hydrogen-bond acceptors (Lipinski definition) is 4. The number of fused-ring (bicyclic) bond motifs is 1. The fourth-order valence-corrected chi connectivity index (χ4v) is 1.68. The second-order valence-corrected chi connectivity index (χ2v) is 3.64. The quantitative estimate of drug-likeness (QED) is 0.700. The van der Waals surface area contributed by atoms with Gasteiger partial charge in [-0.1, -0.05) is 0 Å². The van der Waals surface area contributed by atoms with Crippen LogP contribution in [-0.4, -0.2) is 27.0 Å². The van der Waals surface area contributed by atoms with Gasteiger partial charge in [-0.25, -0.2) is 9.97 Å². The van der Waals surface area contributed by atoms with Crippen molar-refractivity contribution in [2.75, 3.05) is 12.4 Å². The van der Waals surface area contributed by atoms with E-state index in [0.29, 0.717) is 5.65 Å². The maximum atomic E-state index is 4.46. The van der Waals surface area contributed by atoms with Crippen LogP contribution in [0.3, 0.4) is 0 Å². The number of nitrogens with one attached hydrogen (secondary N) is 2. The monoisotopic (exact) mass is 225 g/mol. The molecule has 0 aromatic carbocycles. The number of imidazole rings is 1. The third-order valence-corrected chi connectivity index (χ3v) is 2.56. The highest BCUT2D eigenvalue weighted by Crippen LogP contribution is 2.19. The zero-order chi connectivity index (χ0) is 11.7. The average Bonchev–Trinajstić information content (AvgIpc) is 2.82. The first-order chi connectivity index (χ1) is 8.36. The van der Waals surface area contributed by atoms with E-state index in [9.17, 15) is 0 Å². The maximum absolute atomic E-state index is 4.46. The van der Waals surface area contributed by atoms with Crippen LogP contribution in [0.5, 0.6) is 0 Å². The SMILES string of the molecule is CNc1ccc2[nH]c(-c3ccncc3)nc2n1. The summed E-state index contributed by atoms with van der Waals surface area (Å²) in [5, 5.41) is 2.99. The molecule has 5 heteroatoms. The molecular formula is C12H11N5. The molecule has 3 rings (SSSR count). The Balaban J connectivity index is 2.14. The van der Waals surface area contributed by atoms with Gasteiger partial charge in [0.2, 0.25) is 0 Å². The van der Waals surface area contributed by atoms with Crippen LogP contribution < -0.4 is 5.32 Å². The minimum Gasteiger partial charge on any atom is -0.373 e. The predicted molar refractivity (Wildman–Crippen MR) is 66.7 cm³/mol. The molecule has 3 aromatic heterocycles. The number of aromatic nitrogens is 4. The fourth-order valence-electron chi connectivity index (χ4n) is 1.68. The van der Waals surface area contributed by atoms with Crippen molar-refractivity contribution in [3.05, 3.63) is 36.7 Å². The molecule has 0 aliphatic carbocycles. The van der Waals surface area contributed by atoms with Gasteiger partial charge in [0.25, 0.3) is 0 Å². The van der Waals surface area contributed by atoms with Crippen LogP contribution in [0.4, 0.5) is 5.82 Å². The molecule has 0 saturated heterocycles. The van der Waals surface area contributed by atoms with Crippen LogP contribution in [0, 0.1) is 0 Å². The van der Waals surface area contributed by atoms with Crippen molar-refractivity contribution < 1.29 is 0 Å². The summed E-state index contributed by atoms with van der Waals surface area (Å²) in [6, 6.07) is 7.70.